The standard InChI is InChI=1S/C13H17N3O/c1-9(14)7-11-5-3-4-6-12(11)16-10(2)8-15-13(16)17/h3-6,8-9H,7,14H2,1-2H3,(H,15,17). The van der Waals surface area contributed by atoms with Gasteiger partial charge in [0.1, 0.15) is 0 Å². The number of aromatic nitrogens is 2. The fourth-order valence-corrected chi connectivity index (χ4v) is 2.00. The minimum Gasteiger partial charge on any atom is -0.328 e. The van der Waals surface area contributed by atoms with Crippen molar-refractivity contribution >= 4 is 0 Å². The van der Waals surface area contributed by atoms with Crippen LogP contribution in [0.15, 0.2) is 35.3 Å². The van der Waals surface area contributed by atoms with E-state index in [-0.39, 0.29) is 11.7 Å². The Labute approximate surface area is 100 Å². The van der Waals surface area contributed by atoms with Gasteiger partial charge in [0.2, 0.25) is 0 Å². The summed E-state index contributed by atoms with van der Waals surface area (Å²) in [7, 11) is 0. The fourth-order valence-electron chi connectivity index (χ4n) is 2.00. The Morgan fingerprint density at radius 1 is 1.41 bits per heavy atom. The number of nitrogens with one attached hydrogen (secondary N) is 1. The first-order valence-corrected chi connectivity index (χ1v) is 5.70. The van der Waals surface area contributed by atoms with E-state index in [1.165, 1.54) is 0 Å². The van der Waals surface area contributed by atoms with Gasteiger partial charge in [0, 0.05) is 17.9 Å². The second-order valence-electron chi connectivity index (χ2n) is 4.38. The second kappa shape index (κ2) is 4.59. The monoisotopic (exact) mass is 231 g/mol. The molecular weight excluding hydrogens is 214 g/mol. The van der Waals surface area contributed by atoms with Crippen molar-refractivity contribution in [2.45, 2.75) is 26.3 Å². The Morgan fingerprint density at radius 3 is 2.71 bits per heavy atom. The van der Waals surface area contributed by atoms with E-state index in [0.717, 1.165) is 23.4 Å². The number of rotatable bonds is 3. The Morgan fingerprint density at radius 2 is 2.12 bits per heavy atom. The van der Waals surface area contributed by atoms with Crippen LogP contribution in [0.4, 0.5) is 0 Å². The lowest BCUT2D eigenvalue weighted by Crippen LogP contribution is -2.22. The molecule has 0 bridgehead atoms. The van der Waals surface area contributed by atoms with E-state index in [9.17, 15) is 4.79 Å². The number of benzene rings is 1. The number of hydrogen-bond donors (Lipinski definition) is 2. The predicted molar refractivity (Wildman–Crippen MR) is 68.5 cm³/mol. The van der Waals surface area contributed by atoms with Crippen molar-refractivity contribution in [3.05, 3.63) is 52.2 Å². The summed E-state index contributed by atoms with van der Waals surface area (Å²) in [5, 5.41) is 0. The SMILES string of the molecule is Cc1c[nH]c(=O)n1-c1ccccc1CC(C)N. The van der Waals surface area contributed by atoms with Crippen LogP contribution in [0.2, 0.25) is 0 Å². The molecule has 1 atom stereocenters. The van der Waals surface area contributed by atoms with Crippen LogP contribution in [0.5, 0.6) is 0 Å². The largest absolute Gasteiger partial charge is 0.330 e. The van der Waals surface area contributed by atoms with Gasteiger partial charge in [0.15, 0.2) is 0 Å². The van der Waals surface area contributed by atoms with Crippen molar-refractivity contribution in [1.29, 1.82) is 0 Å². The van der Waals surface area contributed by atoms with Gasteiger partial charge in [0.25, 0.3) is 0 Å². The molecule has 0 fully saturated rings. The Hall–Kier alpha value is -1.81. The minimum absolute atomic E-state index is 0.0751. The highest BCUT2D eigenvalue weighted by Gasteiger charge is 2.10. The number of imidazole rings is 1. The molecule has 4 heteroatoms. The molecule has 0 aliphatic heterocycles. The highest BCUT2D eigenvalue weighted by Crippen LogP contribution is 2.15. The van der Waals surface area contributed by atoms with Crippen LogP contribution in [0.3, 0.4) is 0 Å². The maximum atomic E-state index is 11.8. The molecule has 0 saturated heterocycles. The van der Waals surface area contributed by atoms with E-state index < -0.39 is 0 Å². The lowest BCUT2D eigenvalue weighted by atomic mass is 10.1. The minimum atomic E-state index is -0.111. The smallest absolute Gasteiger partial charge is 0.328 e. The summed E-state index contributed by atoms with van der Waals surface area (Å²) >= 11 is 0. The number of para-hydroxylation sites is 1. The molecule has 2 rings (SSSR count). The molecular formula is C13H17N3O. The molecule has 0 amide bonds. The van der Waals surface area contributed by atoms with Crippen molar-refractivity contribution in [2.24, 2.45) is 5.73 Å². The van der Waals surface area contributed by atoms with E-state index in [4.69, 9.17) is 5.73 Å². The maximum Gasteiger partial charge on any atom is 0.330 e. The van der Waals surface area contributed by atoms with E-state index in [1.54, 1.807) is 10.8 Å². The zero-order chi connectivity index (χ0) is 12.4. The van der Waals surface area contributed by atoms with Crippen LogP contribution < -0.4 is 11.4 Å². The van der Waals surface area contributed by atoms with Crippen molar-refractivity contribution in [3.8, 4) is 5.69 Å². The van der Waals surface area contributed by atoms with E-state index >= 15 is 0 Å². The van der Waals surface area contributed by atoms with Gasteiger partial charge in [0.05, 0.1) is 5.69 Å². The summed E-state index contributed by atoms with van der Waals surface area (Å²) in [6, 6.07) is 7.93. The molecule has 17 heavy (non-hydrogen) atoms. The van der Waals surface area contributed by atoms with E-state index in [1.807, 2.05) is 38.1 Å². The molecule has 0 aliphatic carbocycles. The van der Waals surface area contributed by atoms with Crippen LogP contribution in [0, 0.1) is 6.92 Å². The summed E-state index contributed by atoms with van der Waals surface area (Å²) in [5.41, 5.74) is 8.61. The van der Waals surface area contributed by atoms with Crippen molar-refractivity contribution in [1.82, 2.24) is 9.55 Å². The molecule has 4 nitrogen and oxygen atoms in total. The summed E-state index contributed by atoms with van der Waals surface area (Å²) in [4.78, 5) is 14.4. The van der Waals surface area contributed by atoms with Crippen LogP contribution in [-0.2, 0) is 6.42 Å². The third-order valence-electron chi connectivity index (χ3n) is 2.73. The first-order valence-electron chi connectivity index (χ1n) is 5.70. The molecule has 0 radical (unpaired) electrons. The van der Waals surface area contributed by atoms with E-state index in [0.29, 0.717) is 0 Å². The first-order chi connectivity index (χ1) is 8.09. The summed E-state index contributed by atoms with van der Waals surface area (Å²) in [5.74, 6) is 0. The zero-order valence-corrected chi connectivity index (χ0v) is 10.1. The molecule has 1 heterocycles. The number of hydrogen-bond acceptors (Lipinski definition) is 2. The van der Waals surface area contributed by atoms with Crippen LogP contribution in [0.1, 0.15) is 18.2 Å². The van der Waals surface area contributed by atoms with Gasteiger partial charge in [-0.05, 0) is 31.9 Å². The Kier molecular flexibility index (Phi) is 3.15. The summed E-state index contributed by atoms with van der Waals surface area (Å²) < 4.78 is 1.68. The maximum absolute atomic E-state index is 11.8. The summed E-state index contributed by atoms with van der Waals surface area (Å²) in [6.45, 7) is 3.87. The van der Waals surface area contributed by atoms with Gasteiger partial charge in [-0.2, -0.15) is 0 Å². The zero-order valence-electron chi connectivity index (χ0n) is 10.1. The molecule has 0 saturated carbocycles. The van der Waals surface area contributed by atoms with Crippen LogP contribution in [0.25, 0.3) is 5.69 Å². The van der Waals surface area contributed by atoms with Crippen molar-refractivity contribution in [3.63, 3.8) is 0 Å². The average molecular weight is 231 g/mol. The van der Waals surface area contributed by atoms with Gasteiger partial charge < -0.3 is 10.7 Å². The predicted octanol–water partition coefficient (Wildman–Crippen LogP) is 1.36. The quantitative estimate of drug-likeness (QED) is 0.837. The summed E-state index contributed by atoms with van der Waals surface area (Å²) in [6.07, 6.45) is 2.47. The van der Waals surface area contributed by atoms with Gasteiger partial charge in [-0.3, -0.25) is 4.57 Å². The van der Waals surface area contributed by atoms with E-state index in [2.05, 4.69) is 4.98 Å². The third-order valence-corrected chi connectivity index (χ3v) is 2.73. The molecule has 3 N–H and O–H groups in total. The number of aryl methyl sites for hydroxylation is 1. The Bertz CT molecular complexity index is 566. The normalized spacial score (nSPS) is 12.6. The molecule has 0 aliphatic rings. The number of nitrogens with zero attached hydrogens (tertiary/aromatic N) is 1. The first kappa shape index (κ1) is 11.7. The lowest BCUT2D eigenvalue weighted by molar-refractivity contribution is 0.731. The number of H-pyrrole nitrogens is 1. The van der Waals surface area contributed by atoms with Gasteiger partial charge >= 0.3 is 5.69 Å². The van der Waals surface area contributed by atoms with Gasteiger partial charge in [-0.1, -0.05) is 18.2 Å². The number of aromatic amines is 1. The van der Waals surface area contributed by atoms with Crippen LogP contribution in [-0.4, -0.2) is 15.6 Å². The highest BCUT2D eigenvalue weighted by molar-refractivity contribution is 5.42. The molecule has 1 aromatic carbocycles. The molecule has 1 unspecified atom stereocenters. The number of nitrogens with two attached hydrogens (primary N) is 1. The topological polar surface area (TPSA) is 63.8 Å². The Balaban J connectivity index is 2.56. The van der Waals surface area contributed by atoms with Crippen LogP contribution >= 0.6 is 0 Å². The third kappa shape index (κ3) is 2.31. The average Bonchev–Trinajstić information content (AvgIpc) is 2.59. The molecule has 0 spiro atoms. The molecule has 1 aromatic heterocycles. The second-order valence-corrected chi connectivity index (χ2v) is 4.38. The van der Waals surface area contributed by atoms with Gasteiger partial charge in [-0.25, -0.2) is 4.79 Å². The van der Waals surface area contributed by atoms with Gasteiger partial charge in [-0.15, -0.1) is 0 Å². The molecule has 2 aromatic rings. The van der Waals surface area contributed by atoms with Crippen molar-refractivity contribution < 1.29 is 0 Å². The van der Waals surface area contributed by atoms with Crippen molar-refractivity contribution in [2.75, 3.05) is 0 Å². The highest BCUT2D eigenvalue weighted by atomic mass is 16.1. The fraction of sp³-hybridized carbons (Fsp3) is 0.308. The lowest BCUT2D eigenvalue weighted by Gasteiger charge is -2.12. The molecule has 90 valence electrons.